The first-order valence-electron chi connectivity index (χ1n) is 8.30. The molecule has 0 aromatic carbocycles. The van der Waals surface area contributed by atoms with Crippen LogP contribution in [0.1, 0.15) is 84.0 Å². The van der Waals surface area contributed by atoms with E-state index in [0.717, 1.165) is 12.8 Å². The van der Waals surface area contributed by atoms with Crippen LogP contribution < -0.4 is 0 Å². The molecule has 0 bridgehead atoms. The molecule has 0 heterocycles. The van der Waals surface area contributed by atoms with Crippen molar-refractivity contribution in [2.24, 2.45) is 0 Å². The molecule has 0 fully saturated rings. The number of allylic oxidation sites excluding steroid dienone is 4. The summed E-state index contributed by atoms with van der Waals surface area (Å²) >= 11 is 0. The summed E-state index contributed by atoms with van der Waals surface area (Å²) in [7, 11) is 0. The minimum atomic E-state index is -0.664. The normalized spacial score (nSPS) is 11.7. The van der Waals surface area contributed by atoms with E-state index in [9.17, 15) is 4.79 Å². The van der Waals surface area contributed by atoms with Gasteiger partial charge in [0.2, 0.25) is 0 Å². The van der Waals surface area contributed by atoms with Gasteiger partial charge in [0.25, 0.3) is 0 Å². The minimum absolute atomic E-state index is 0.332. The highest BCUT2D eigenvalue weighted by Crippen LogP contribution is 2.10. The molecule has 0 aliphatic carbocycles. The molecule has 0 aliphatic rings. The van der Waals surface area contributed by atoms with E-state index in [1.54, 1.807) is 0 Å². The molecule has 0 unspecified atom stereocenters. The molecule has 2 heteroatoms. The summed E-state index contributed by atoms with van der Waals surface area (Å²) < 4.78 is 0. The molecular formula is C18H32O2. The van der Waals surface area contributed by atoms with Gasteiger partial charge in [-0.3, -0.25) is 4.79 Å². The van der Waals surface area contributed by atoms with Crippen molar-refractivity contribution in [3.63, 3.8) is 0 Å². The van der Waals surface area contributed by atoms with Crippen LogP contribution in [0.4, 0.5) is 0 Å². The van der Waals surface area contributed by atoms with Crippen molar-refractivity contribution in [2.45, 2.75) is 84.0 Å². The average Bonchev–Trinajstić information content (AvgIpc) is 2.43. The highest BCUT2D eigenvalue weighted by atomic mass is 16.4. The quantitative estimate of drug-likeness (QED) is 0.318. The summed E-state index contributed by atoms with van der Waals surface area (Å²) in [6.45, 7) is 2.19. The highest BCUT2D eigenvalue weighted by molar-refractivity contribution is 5.66. The first kappa shape index (κ1) is 18.9. The van der Waals surface area contributed by atoms with Crippen molar-refractivity contribution in [1.82, 2.24) is 0 Å². The second-order valence-corrected chi connectivity index (χ2v) is 5.41. The van der Waals surface area contributed by atoms with Gasteiger partial charge in [-0.05, 0) is 25.7 Å². The van der Waals surface area contributed by atoms with Crippen molar-refractivity contribution in [3.05, 3.63) is 24.3 Å². The first-order valence-corrected chi connectivity index (χ1v) is 8.30. The van der Waals surface area contributed by atoms with Gasteiger partial charge in [-0.2, -0.15) is 0 Å². The topological polar surface area (TPSA) is 37.3 Å². The average molecular weight is 280 g/mol. The molecular weight excluding hydrogens is 248 g/mol. The van der Waals surface area contributed by atoms with Gasteiger partial charge in [0.05, 0.1) is 0 Å². The van der Waals surface area contributed by atoms with Crippen LogP contribution in [0, 0.1) is 0 Å². The van der Waals surface area contributed by atoms with E-state index in [-0.39, 0.29) is 0 Å². The first-order chi connectivity index (χ1) is 9.77. The van der Waals surface area contributed by atoms with Crippen LogP contribution in [0.15, 0.2) is 24.3 Å². The van der Waals surface area contributed by atoms with Gasteiger partial charge in [-0.1, -0.05) is 76.2 Å². The number of carboxylic acid groups (broad SMARTS) is 1. The maximum Gasteiger partial charge on any atom is 0.303 e. The minimum Gasteiger partial charge on any atom is -0.481 e. The van der Waals surface area contributed by atoms with Gasteiger partial charge in [-0.25, -0.2) is 0 Å². The summed E-state index contributed by atoms with van der Waals surface area (Å²) in [5.41, 5.74) is 0. The second kappa shape index (κ2) is 16.0. The van der Waals surface area contributed by atoms with E-state index in [1.807, 2.05) is 0 Å². The number of unbranched alkanes of at least 4 members (excludes halogenated alkanes) is 9. The molecule has 0 radical (unpaired) electrons. The second-order valence-electron chi connectivity index (χ2n) is 5.41. The molecule has 2 nitrogen and oxygen atoms in total. The molecule has 0 saturated carbocycles. The van der Waals surface area contributed by atoms with Crippen LogP contribution in [0.2, 0.25) is 0 Å². The maximum atomic E-state index is 10.3. The van der Waals surface area contributed by atoms with Crippen LogP contribution in [0.3, 0.4) is 0 Å². The molecule has 0 rings (SSSR count). The van der Waals surface area contributed by atoms with Crippen molar-refractivity contribution in [2.75, 3.05) is 0 Å². The van der Waals surface area contributed by atoms with E-state index in [4.69, 9.17) is 5.11 Å². The van der Waals surface area contributed by atoms with Gasteiger partial charge in [0, 0.05) is 6.42 Å². The highest BCUT2D eigenvalue weighted by Gasteiger charge is 1.96. The van der Waals surface area contributed by atoms with Crippen molar-refractivity contribution in [3.8, 4) is 0 Å². The monoisotopic (exact) mass is 280 g/mol. The van der Waals surface area contributed by atoms with E-state index >= 15 is 0 Å². The molecule has 0 aromatic rings. The molecule has 20 heavy (non-hydrogen) atoms. The van der Waals surface area contributed by atoms with E-state index < -0.39 is 5.97 Å². The molecule has 0 spiro atoms. The molecule has 0 atom stereocenters. The van der Waals surface area contributed by atoms with Gasteiger partial charge < -0.3 is 5.11 Å². The third-order valence-corrected chi connectivity index (χ3v) is 3.35. The molecule has 1 N–H and O–H groups in total. The van der Waals surface area contributed by atoms with Crippen LogP contribution in [-0.2, 0) is 4.79 Å². The fourth-order valence-electron chi connectivity index (χ4n) is 2.12. The largest absolute Gasteiger partial charge is 0.481 e. The fourth-order valence-corrected chi connectivity index (χ4v) is 2.12. The zero-order valence-corrected chi connectivity index (χ0v) is 13.2. The summed E-state index contributed by atoms with van der Waals surface area (Å²) in [5, 5.41) is 8.51. The standard InChI is InChI=1S/C18H32O2/c1-2-3-4-5-6-7-8-9-10-11-12-13-14-15-16-17-18(19)20/h4-7H,2-3,8-17H2,1H3,(H,19,20). The Morgan fingerprint density at radius 1 is 0.800 bits per heavy atom. The van der Waals surface area contributed by atoms with Crippen LogP contribution in [0.5, 0.6) is 0 Å². The van der Waals surface area contributed by atoms with E-state index in [0.29, 0.717) is 6.42 Å². The lowest BCUT2D eigenvalue weighted by molar-refractivity contribution is -0.137. The molecule has 0 amide bonds. The third-order valence-electron chi connectivity index (χ3n) is 3.35. The Balaban J connectivity index is 3.11. The predicted molar refractivity (Wildman–Crippen MR) is 87.0 cm³/mol. The Kier molecular flexibility index (Phi) is 15.2. The summed E-state index contributed by atoms with van der Waals surface area (Å²) in [4.78, 5) is 10.3. The van der Waals surface area contributed by atoms with Gasteiger partial charge in [0.15, 0.2) is 0 Å². The van der Waals surface area contributed by atoms with Crippen LogP contribution >= 0.6 is 0 Å². The summed E-state index contributed by atoms with van der Waals surface area (Å²) in [6.07, 6.45) is 22.3. The van der Waals surface area contributed by atoms with Crippen LogP contribution in [0.25, 0.3) is 0 Å². The maximum absolute atomic E-state index is 10.3. The van der Waals surface area contributed by atoms with Gasteiger partial charge in [0.1, 0.15) is 0 Å². The molecule has 0 aromatic heterocycles. The number of hydrogen-bond acceptors (Lipinski definition) is 1. The Labute approximate surface area is 125 Å². The smallest absolute Gasteiger partial charge is 0.303 e. The lowest BCUT2D eigenvalue weighted by atomic mass is 10.1. The van der Waals surface area contributed by atoms with E-state index in [2.05, 4.69) is 31.2 Å². The number of aliphatic carboxylic acids is 1. The SMILES string of the molecule is CCCC=CC=CCCCCCCCCCCC(=O)O. The molecule has 116 valence electrons. The van der Waals surface area contributed by atoms with Crippen LogP contribution in [-0.4, -0.2) is 11.1 Å². The number of carboxylic acids is 1. The number of hydrogen-bond donors (Lipinski definition) is 1. The Hall–Kier alpha value is -1.05. The van der Waals surface area contributed by atoms with Crippen molar-refractivity contribution < 1.29 is 9.90 Å². The summed E-state index contributed by atoms with van der Waals surface area (Å²) in [5.74, 6) is -0.664. The van der Waals surface area contributed by atoms with Crippen molar-refractivity contribution >= 4 is 5.97 Å². The number of carbonyl (C=O) groups is 1. The summed E-state index contributed by atoms with van der Waals surface area (Å²) in [6, 6.07) is 0. The number of rotatable bonds is 14. The molecule has 0 saturated heterocycles. The zero-order chi connectivity index (χ0) is 14.9. The Bertz CT molecular complexity index is 267. The Morgan fingerprint density at radius 3 is 1.85 bits per heavy atom. The van der Waals surface area contributed by atoms with Gasteiger partial charge >= 0.3 is 5.97 Å². The predicted octanol–water partition coefficient (Wildman–Crippen LogP) is 5.88. The van der Waals surface area contributed by atoms with Crippen molar-refractivity contribution in [1.29, 1.82) is 0 Å². The van der Waals surface area contributed by atoms with Gasteiger partial charge in [-0.15, -0.1) is 0 Å². The lowest BCUT2D eigenvalue weighted by Gasteiger charge is -2.00. The molecule has 0 aliphatic heterocycles. The lowest BCUT2D eigenvalue weighted by Crippen LogP contribution is -1.93. The Morgan fingerprint density at radius 2 is 1.30 bits per heavy atom. The van der Waals surface area contributed by atoms with E-state index in [1.165, 1.54) is 57.8 Å². The third kappa shape index (κ3) is 16.9. The fraction of sp³-hybridized carbons (Fsp3) is 0.722. The zero-order valence-electron chi connectivity index (χ0n) is 13.2.